The van der Waals surface area contributed by atoms with Gasteiger partial charge in [0.25, 0.3) is 0 Å². The number of aryl methyl sites for hydroxylation is 1. The van der Waals surface area contributed by atoms with Gasteiger partial charge in [0.2, 0.25) is 10.0 Å². The number of rotatable bonds is 5. The Morgan fingerprint density at radius 3 is 2.19 bits per heavy atom. The third-order valence-corrected chi connectivity index (χ3v) is 4.46. The first-order valence-corrected chi connectivity index (χ1v) is 7.83. The lowest BCUT2D eigenvalue weighted by Crippen LogP contribution is -2.27. The van der Waals surface area contributed by atoms with E-state index >= 15 is 0 Å². The summed E-state index contributed by atoms with van der Waals surface area (Å²) in [6.07, 6.45) is -1.54. The summed E-state index contributed by atoms with van der Waals surface area (Å²) >= 11 is 0. The average Bonchev–Trinajstić information content (AvgIpc) is 2.46. The van der Waals surface area contributed by atoms with E-state index in [1.54, 1.807) is 12.1 Å². The van der Waals surface area contributed by atoms with Crippen molar-refractivity contribution in [3.63, 3.8) is 0 Å². The Morgan fingerprint density at radius 2 is 1.62 bits per heavy atom. The minimum atomic E-state index is -3.75. The number of halogens is 2. The number of sulfonamides is 1. The minimum Gasteiger partial charge on any atom is -0.241 e. The Hall–Kier alpha value is -1.79. The molecule has 0 aliphatic carbocycles. The molecular weight excluding hydrogens is 296 g/mol. The number of hydrogen-bond acceptors (Lipinski definition) is 2. The van der Waals surface area contributed by atoms with Crippen molar-refractivity contribution in [2.45, 2.75) is 18.0 Å². The zero-order chi connectivity index (χ0) is 15.5. The van der Waals surface area contributed by atoms with Crippen LogP contribution in [0.25, 0.3) is 0 Å². The van der Waals surface area contributed by atoms with Crippen LogP contribution < -0.4 is 4.72 Å². The second kappa shape index (κ2) is 6.32. The molecule has 0 aliphatic heterocycles. The molecule has 21 heavy (non-hydrogen) atoms. The van der Waals surface area contributed by atoms with Crippen molar-refractivity contribution >= 4 is 10.0 Å². The molecular formula is C15H15F2NO2S. The molecule has 112 valence electrons. The van der Waals surface area contributed by atoms with Crippen molar-refractivity contribution in [1.29, 1.82) is 0 Å². The summed E-state index contributed by atoms with van der Waals surface area (Å²) in [4.78, 5) is 0.0828. The lowest BCUT2D eigenvalue weighted by Gasteiger charge is -2.11. The highest BCUT2D eigenvalue weighted by atomic mass is 32.2. The molecule has 0 aromatic heterocycles. The summed E-state index contributed by atoms with van der Waals surface area (Å²) in [5.41, 5.74) is 1.16. The second-order valence-electron chi connectivity index (χ2n) is 4.68. The van der Waals surface area contributed by atoms with Gasteiger partial charge in [-0.1, -0.05) is 29.8 Å². The Kier molecular flexibility index (Phi) is 4.69. The van der Waals surface area contributed by atoms with Crippen molar-refractivity contribution < 1.29 is 17.2 Å². The molecule has 0 saturated heterocycles. The van der Waals surface area contributed by atoms with Crippen molar-refractivity contribution in [1.82, 2.24) is 4.72 Å². The van der Waals surface area contributed by atoms with E-state index in [1.807, 2.05) is 6.92 Å². The first-order chi connectivity index (χ1) is 9.88. The van der Waals surface area contributed by atoms with Gasteiger partial charge in [0.15, 0.2) is 0 Å². The molecule has 2 aromatic rings. The van der Waals surface area contributed by atoms with Gasteiger partial charge in [-0.25, -0.2) is 21.9 Å². The summed E-state index contributed by atoms with van der Waals surface area (Å²) in [6.45, 7) is 1.44. The van der Waals surface area contributed by atoms with E-state index in [9.17, 15) is 17.2 Å². The lowest BCUT2D eigenvalue weighted by atomic mass is 10.1. The summed E-state index contributed by atoms with van der Waals surface area (Å²) in [5.74, 6) is -0.466. The van der Waals surface area contributed by atoms with E-state index in [0.717, 1.165) is 17.7 Å². The number of benzene rings is 2. The van der Waals surface area contributed by atoms with Gasteiger partial charge in [0.05, 0.1) is 4.90 Å². The molecule has 1 atom stereocenters. The van der Waals surface area contributed by atoms with Crippen molar-refractivity contribution in [3.8, 4) is 0 Å². The molecule has 2 aromatic carbocycles. The highest BCUT2D eigenvalue weighted by molar-refractivity contribution is 7.89. The fraction of sp³-hybridized carbons (Fsp3) is 0.200. The van der Waals surface area contributed by atoms with E-state index < -0.39 is 28.6 Å². The van der Waals surface area contributed by atoms with E-state index in [0.29, 0.717) is 0 Å². The summed E-state index contributed by atoms with van der Waals surface area (Å²) in [7, 11) is -3.75. The van der Waals surface area contributed by atoms with E-state index in [-0.39, 0.29) is 10.5 Å². The van der Waals surface area contributed by atoms with Gasteiger partial charge in [-0.05, 0) is 36.8 Å². The fourth-order valence-electron chi connectivity index (χ4n) is 1.77. The summed E-state index contributed by atoms with van der Waals surface area (Å²) < 4.78 is 52.9. The van der Waals surface area contributed by atoms with Crippen LogP contribution in [0.5, 0.6) is 0 Å². The largest absolute Gasteiger partial charge is 0.241 e. The molecule has 0 amide bonds. The average molecular weight is 311 g/mol. The molecule has 0 saturated carbocycles. The summed E-state index contributed by atoms with van der Waals surface area (Å²) in [6, 6.07) is 11.1. The molecule has 1 N–H and O–H groups in total. The van der Waals surface area contributed by atoms with Gasteiger partial charge < -0.3 is 0 Å². The fourth-order valence-corrected chi connectivity index (χ4v) is 2.80. The van der Waals surface area contributed by atoms with Crippen LogP contribution in [0.15, 0.2) is 53.4 Å². The first kappa shape index (κ1) is 15.6. The Balaban J connectivity index is 2.04. The van der Waals surface area contributed by atoms with Crippen molar-refractivity contribution in [3.05, 3.63) is 65.5 Å². The van der Waals surface area contributed by atoms with Crippen LogP contribution in [-0.4, -0.2) is 15.0 Å². The predicted octanol–water partition coefficient (Wildman–Crippen LogP) is 3.12. The maximum absolute atomic E-state index is 13.9. The molecule has 0 heterocycles. The number of alkyl halides is 1. The Labute approximate surface area is 122 Å². The molecule has 0 bridgehead atoms. The number of nitrogens with one attached hydrogen (secondary N) is 1. The van der Waals surface area contributed by atoms with Gasteiger partial charge in [-0.3, -0.25) is 0 Å². The zero-order valence-corrected chi connectivity index (χ0v) is 12.2. The monoisotopic (exact) mass is 311 g/mol. The normalized spacial score (nSPS) is 13.1. The van der Waals surface area contributed by atoms with Crippen molar-refractivity contribution in [2.24, 2.45) is 0 Å². The lowest BCUT2D eigenvalue weighted by molar-refractivity contribution is 0.343. The van der Waals surface area contributed by atoms with E-state index in [4.69, 9.17) is 0 Å². The van der Waals surface area contributed by atoms with Gasteiger partial charge >= 0.3 is 0 Å². The number of hydrogen-bond donors (Lipinski definition) is 1. The van der Waals surface area contributed by atoms with Crippen LogP contribution in [0, 0.1) is 12.7 Å². The molecule has 0 aliphatic rings. The standard InChI is InChI=1S/C15H15F2NO2S/c1-11-2-8-14(9-3-11)21(19,20)18-10-15(17)12-4-6-13(16)7-5-12/h2-9,15,18H,10H2,1H3. The maximum Gasteiger partial charge on any atom is 0.240 e. The van der Waals surface area contributed by atoms with E-state index in [2.05, 4.69) is 4.72 Å². The van der Waals surface area contributed by atoms with Crippen LogP contribution in [0.3, 0.4) is 0 Å². The third-order valence-electron chi connectivity index (χ3n) is 3.02. The molecule has 6 heteroatoms. The minimum absolute atomic E-state index is 0.0828. The summed E-state index contributed by atoms with van der Waals surface area (Å²) in [5, 5.41) is 0. The molecule has 2 rings (SSSR count). The van der Waals surface area contributed by atoms with Crippen LogP contribution in [-0.2, 0) is 10.0 Å². The maximum atomic E-state index is 13.9. The van der Waals surface area contributed by atoms with Gasteiger partial charge in [-0.15, -0.1) is 0 Å². The Morgan fingerprint density at radius 1 is 1.05 bits per heavy atom. The highest BCUT2D eigenvalue weighted by Crippen LogP contribution is 2.18. The van der Waals surface area contributed by atoms with E-state index in [1.165, 1.54) is 24.3 Å². The molecule has 0 radical (unpaired) electrons. The van der Waals surface area contributed by atoms with Gasteiger partial charge in [0, 0.05) is 6.54 Å². The topological polar surface area (TPSA) is 46.2 Å². The van der Waals surface area contributed by atoms with Gasteiger partial charge in [0.1, 0.15) is 12.0 Å². The smallest absolute Gasteiger partial charge is 0.240 e. The van der Waals surface area contributed by atoms with Crippen LogP contribution in [0.2, 0.25) is 0 Å². The second-order valence-corrected chi connectivity index (χ2v) is 6.45. The molecule has 0 fully saturated rings. The van der Waals surface area contributed by atoms with Crippen LogP contribution in [0.1, 0.15) is 17.3 Å². The SMILES string of the molecule is Cc1ccc(S(=O)(=O)NCC(F)c2ccc(F)cc2)cc1. The zero-order valence-electron chi connectivity index (χ0n) is 11.4. The third kappa shape index (κ3) is 4.09. The quantitative estimate of drug-likeness (QED) is 0.922. The first-order valence-electron chi connectivity index (χ1n) is 6.34. The van der Waals surface area contributed by atoms with Crippen LogP contribution >= 0.6 is 0 Å². The highest BCUT2D eigenvalue weighted by Gasteiger charge is 2.17. The van der Waals surface area contributed by atoms with Gasteiger partial charge in [-0.2, -0.15) is 0 Å². The Bertz CT molecular complexity index is 697. The van der Waals surface area contributed by atoms with Crippen LogP contribution in [0.4, 0.5) is 8.78 Å². The molecule has 1 unspecified atom stereocenters. The molecule has 0 spiro atoms. The predicted molar refractivity (Wildman–Crippen MR) is 76.6 cm³/mol. The molecule has 3 nitrogen and oxygen atoms in total. The van der Waals surface area contributed by atoms with Crippen molar-refractivity contribution in [2.75, 3.05) is 6.54 Å².